The van der Waals surface area contributed by atoms with E-state index in [2.05, 4.69) is 4.18 Å². The Labute approximate surface area is 148 Å². The second-order valence-electron chi connectivity index (χ2n) is 5.18. The molecule has 0 aromatic heterocycles. The van der Waals surface area contributed by atoms with Gasteiger partial charge in [-0.25, -0.2) is 4.18 Å². The molecule has 1 atom stereocenters. The zero-order chi connectivity index (χ0) is 18.8. The monoisotopic (exact) mass is 394 g/mol. The minimum Gasteiger partial charge on any atom is -0.495 e. The molecule has 9 heteroatoms. The summed E-state index contributed by atoms with van der Waals surface area (Å²) in [7, 11) is -3.32. The third-order valence-electron chi connectivity index (χ3n) is 3.31. The maximum absolute atomic E-state index is 13.4. The molecule has 0 fully saturated rings. The van der Waals surface area contributed by atoms with Crippen LogP contribution in [-0.4, -0.2) is 21.7 Å². The van der Waals surface area contributed by atoms with Gasteiger partial charge >= 0.3 is 6.18 Å². The second kappa shape index (κ2) is 7.23. The van der Waals surface area contributed by atoms with Gasteiger partial charge in [-0.15, -0.1) is 0 Å². The fraction of sp³-hybridized carbons (Fsp3) is 0.250. The number of halogens is 4. The van der Waals surface area contributed by atoms with Crippen LogP contribution in [0.4, 0.5) is 13.2 Å². The number of hydrogen-bond donors (Lipinski definition) is 0. The van der Waals surface area contributed by atoms with Crippen LogP contribution in [0.15, 0.2) is 47.4 Å². The quantitative estimate of drug-likeness (QED) is 0.692. The molecule has 4 nitrogen and oxygen atoms in total. The van der Waals surface area contributed by atoms with Gasteiger partial charge in [0.25, 0.3) is 10.1 Å². The molecule has 2 aromatic carbocycles. The van der Waals surface area contributed by atoms with Gasteiger partial charge in [-0.1, -0.05) is 35.4 Å². The first-order valence-electron chi connectivity index (χ1n) is 6.94. The van der Waals surface area contributed by atoms with Gasteiger partial charge in [0.15, 0.2) is 6.10 Å². The van der Waals surface area contributed by atoms with Crippen molar-refractivity contribution in [2.24, 2.45) is 0 Å². The fourth-order valence-electron chi connectivity index (χ4n) is 2.03. The molecule has 0 amide bonds. The summed E-state index contributed by atoms with van der Waals surface area (Å²) in [5.74, 6) is 0.160. The molecule has 25 heavy (non-hydrogen) atoms. The van der Waals surface area contributed by atoms with Gasteiger partial charge in [0, 0.05) is 0 Å². The van der Waals surface area contributed by atoms with Crippen LogP contribution < -0.4 is 4.74 Å². The molecule has 0 saturated carbocycles. The van der Waals surface area contributed by atoms with Gasteiger partial charge in [0.2, 0.25) is 0 Å². The number of alkyl halides is 3. The highest BCUT2D eigenvalue weighted by atomic mass is 35.5. The zero-order valence-corrected chi connectivity index (χ0v) is 14.7. The van der Waals surface area contributed by atoms with E-state index < -0.39 is 28.0 Å². The predicted molar refractivity (Wildman–Crippen MR) is 86.2 cm³/mol. The molecule has 0 bridgehead atoms. The molecule has 1 unspecified atom stereocenters. The van der Waals surface area contributed by atoms with Crippen molar-refractivity contribution in [2.75, 3.05) is 7.11 Å². The lowest BCUT2D eigenvalue weighted by Gasteiger charge is -2.21. The summed E-state index contributed by atoms with van der Waals surface area (Å²) in [5.41, 5.74) is 0.308. The lowest BCUT2D eigenvalue weighted by Crippen LogP contribution is -2.26. The molecular formula is C16H14ClF3O4S. The molecule has 0 spiro atoms. The zero-order valence-electron chi connectivity index (χ0n) is 13.2. The molecule has 2 aromatic rings. The standard InChI is InChI=1S/C16H14ClF3O4S/c1-10-3-6-12(7-4-10)25(21,22)24-15(16(18,19)20)11-5-8-14(23-2)13(17)9-11/h3-9,15H,1-2H3. The minimum atomic E-state index is -4.96. The summed E-state index contributed by atoms with van der Waals surface area (Å²) in [5, 5.41) is -0.0921. The summed E-state index contributed by atoms with van der Waals surface area (Å²) in [6.45, 7) is 1.72. The van der Waals surface area contributed by atoms with Gasteiger partial charge in [-0.05, 0) is 36.8 Å². The molecule has 0 saturated heterocycles. The highest BCUT2D eigenvalue weighted by molar-refractivity contribution is 7.86. The largest absolute Gasteiger partial charge is 0.495 e. The minimum absolute atomic E-state index is 0.0921. The maximum atomic E-state index is 13.4. The molecule has 0 radical (unpaired) electrons. The Kier molecular flexibility index (Phi) is 5.65. The van der Waals surface area contributed by atoms with Gasteiger partial charge in [0.05, 0.1) is 17.0 Å². The highest BCUT2D eigenvalue weighted by Gasteiger charge is 2.45. The van der Waals surface area contributed by atoms with Crippen LogP contribution in [0.3, 0.4) is 0 Å². The van der Waals surface area contributed by atoms with Crippen molar-refractivity contribution in [1.82, 2.24) is 0 Å². The number of rotatable bonds is 5. The van der Waals surface area contributed by atoms with Crippen molar-refractivity contribution < 1.29 is 30.5 Å². The van der Waals surface area contributed by atoms with E-state index in [0.717, 1.165) is 17.7 Å². The molecule has 0 aliphatic rings. The first-order chi connectivity index (χ1) is 11.5. The fourth-order valence-corrected chi connectivity index (χ4v) is 3.35. The van der Waals surface area contributed by atoms with E-state index in [0.29, 0.717) is 0 Å². The second-order valence-corrected chi connectivity index (χ2v) is 7.16. The number of benzene rings is 2. The Bertz CT molecular complexity index is 849. The number of ether oxygens (including phenoxy) is 1. The predicted octanol–water partition coefficient (Wildman–Crippen LogP) is 4.67. The first kappa shape index (κ1) is 19.6. The van der Waals surface area contributed by atoms with Crippen LogP contribution in [0, 0.1) is 6.92 Å². The van der Waals surface area contributed by atoms with Crippen LogP contribution >= 0.6 is 11.6 Å². The summed E-state index contributed by atoms with van der Waals surface area (Å²) in [4.78, 5) is -0.369. The van der Waals surface area contributed by atoms with Gasteiger partial charge in [-0.3, -0.25) is 0 Å². The van der Waals surface area contributed by atoms with E-state index >= 15 is 0 Å². The molecule has 0 N–H and O–H groups in total. The van der Waals surface area contributed by atoms with Crippen molar-refractivity contribution in [3.63, 3.8) is 0 Å². The maximum Gasteiger partial charge on any atom is 0.420 e. The van der Waals surface area contributed by atoms with E-state index in [-0.39, 0.29) is 15.7 Å². The number of methoxy groups -OCH3 is 1. The molecule has 0 heterocycles. The highest BCUT2D eigenvalue weighted by Crippen LogP contribution is 2.40. The third-order valence-corrected chi connectivity index (χ3v) is 4.90. The van der Waals surface area contributed by atoms with Crippen LogP contribution in [-0.2, 0) is 14.3 Å². The molecule has 0 aliphatic heterocycles. The topological polar surface area (TPSA) is 52.6 Å². The van der Waals surface area contributed by atoms with Crippen LogP contribution in [0.2, 0.25) is 5.02 Å². The van der Waals surface area contributed by atoms with E-state index in [9.17, 15) is 21.6 Å². The Morgan fingerprint density at radius 2 is 1.68 bits per heavy atom. The van der Waals surface area contributed by atoms with E-state index in [1.54, 1.807) is 6.92 Å². The van der Waals surface area contributed by atoms with Gasteiger partial charge in [-0.2, -0.15) is 21.6 Å². The number of hydrogen-bond acceptors (Lipinski definition) is 4. The summed E-state index contributed by atoms with van der Waals surface area (Å²) >= 11 is 5.83. The van der Waals surface area contributed by atoms with Crippen molar-refractivity contribution in [3.05, 3.63) is 58.6 Å². The van der Waals surface area contributed by atoms with Gasteiger partial charge < -0.3 is 4.74 Å². The van der Waals surface area contributed by atoms with E-state index in [1.165, 1.54) is 37.4 Å². The molecule has 0 aliphatic carbocycles. The Hall–Kier alpha value is -1.77. The lowest BCUT2D eigenvalue weighted by molar-refractivity contribution is -0.196. The average molecular weight is 395 g/mol. The van der Waals surface area contributed by atoms with Crippen molar-refractivity contribution >= 4 is 21.7 Å². The van der Waals surface area contributed by atoms with Crippen molar-refractivity contribution in [3.8, 4) is 5.75 Å². The normalized spacial score (nSPS) is 13.5. The smallest absolute Gasteiger partial charge is 0.420 e. The summed E-state index contributed by atoms with van der Waals surface area (Å²) in [6, 6.07) is 8.50. The van der Waals surface area contributed by atoms with Crippen LogP contribution in [0.5, 0.6) is 5.75 Å². The summed E-state index contributed by atoms with van der Waals surface area (Å²) < 4.78 is 73.9. The Morgan fingerprint density at radius 3 is 2.16 bits per heavy atom. The van der Waals surface area contributed by atoms with E-state index in [4.69, 9.17) is 16.3 Å². The van der Waals surface area contributed by atoms with Crippen molar-refractivity contribution in [1.29, 1.82) is 0 Å². The third kappa shape index (κ3) is 4.65. The first-order valence-corrected chi connectivity index (χ1v) is 8.73. The van der Waals surface area contributed by atoms with Crippen LogP contribution in [0.25, 0.3) is 0 Å². The lowest BCUT2D eigenvalue weighted by atomic mass is 10.1. The van der Waals surface area contributed by atoms with Crippen LogP contribution in [0.1, 0.15) is 17.2 Å². The van der Waals surface area contributed by atoms with Crippen molar-refractivity contribution in [2.45, 2.75) is 24.1 Å². The Balaban J connectivity index is 2.42. The SMILES string of the molecule is COc1ccc(C(OS(=O)(=O)c2ccc(C)cc2)C(F)(F)F)cc1Cl. The number of aryl methyl sites for hydroxylation is 1. The average Bonchev–Trinajstić information content (AvgIpc) is 2.52. The molecule has 136 valence electrons. The molecular weight excluding hydrogens is 381 g/mol. The Morgan fingerprint density at radius 1 is 1.08 bits per heavy atom. The van der Waals surface area contributed by atoms with Gasteiger partial charge in [0.1, 0.15) is 5.75 Å². The van der Waals surface area contributed by atoms with E-state index in [1.807, 2.05) is 0 Å². The molecule has 2 rings (SSSR count). The summed E-state index contributed by atoms with van der Waals surface area (Å²) in [6.07, 6.45) is -7.66.